The first-order valence-corrected chi connectivity index (χ1v) is 5.75. The van der Waals surface area contributed by atoms with Gasteiger partial charge in [0.15, 0.2) is 0 Å². The molecule has 19 heavy (non-hydrogen) atoms. The highest BCUT2D eigenvalue weighted by Gasteiger charge is 2.07. The van der Waals surface area contributed by atoms with Gasteiger partial charge in [0.05, 0.1) is 6.04 Å². The van der Waals surface area contributed by atoms with Gasteiger partial charge in [-0.25, -0.2) is 14.6 Å². The summed E-state index contributed by atoms with van der Waals surface area (Å²) in [6.45, 7) is 2.12. The number of hydrogen-bond acceptors (Lipinski definition) is 3. The van der Waals surface area contributed by atoms with Crippen molar-refractivity contribution < 1.29 is 14.7 Å². The molecule has 1 aromatic rings. The third-order valence-electron chi connectivity index (χ3n) is 2.41. The summed E-state index contributed by atoms with van der Waals surface area (Å²) in [5, 5.41) is 13.9. The summed E-state index contributed by atoms with van der Waals surface area (Å²) in [4.78, 5) is 25.8. The second kappa shape index (κ2) is 7.01. The second-order valence-electron chi connectivity index (χ2n) is 3.81. The largest absolute Gasteiger partial charge is 0.477 e. The Hall–Kier alpha value is -2.55. The summed E-state index contributed by atoms with van der Waals surface area (Å²) in [7, 11) is 0. The van der Waals surface area contributed by atoms with Gasteiger partial charge in [0.25, 0.3) is 0 Å². The van der Waals surface area contributed by atoms with Gasteiger partial charge in [-0.15, -0.1) is 6.42 Å². The lowest BCUT2D eigenvalue weighted by molar-refractivity contribution is 0.0690. The smallest absolute Gasteiger partial charge is 0.354 e. The maximum atomic E-state index is 11.5. The molecule has 1 heterocycles. The SMILES string of the molecule is C#CC(CC)NC(=O)NCc1ccc(C(=O)O)nc1. The van der Waals surface area contributed by atoms with Gasteiger partial charge in [-0.1, -0.05) is 18.9 Å². The number of carboxylic acid groups (broad SMARTS) is 1. The number of hydrogen-bond donors (Lipinski definition) is 3. The van der Waals surface area contributed by atoms with E-state index in [0.717, 1.165) is 0 Å². The van der Waals surface area contributed by atoms with Crippen molar-refractivity contribution in [2.75, 3.05) is 0 Å². The molecular weight excluding hydrogens is 246 g/mol. The number of pyridine rings is 1. The Bertz CT molecular complexity index is 491. The van der Waals surface area contributed by atoms with Crippen LogP contribution >= 0.6 is 0 Å². The monoisotopic (exact) mass is 261 g/mol. The van der Waals surface area contributed by atoms with Crippen LogP contribution in [0.15, 0.2) is 18.3 Å². The molecule has 0 aliphatic carbocycles. The molecule has 1 atom stereocenters. The average molecular weight is 261 g/mol. The first-order valence-electron chi connectivity index (χ1n) is 5.75. The summed E-state index contributed by atoms with van der Waals surface area (Å²) in [5.74, 6) is 1.37. The third-order valence-corrected chi connectivity index (χ3v) is 2.41. The van der Waals surface area contributed by atoms with E-state index >= 15 is 0 Å². The van der Waals surface area contributed by atoms with Crippen molar-refractivity contribution in [2.45, 2.75) is 25.9 Å². The zero-order valence-corrected chi connectivity index (χ0v) is 10.5. The molecule has 0 saturated carbocycles. The number of aromatic nitrogens is 1. The van der Waals surface area contributed by atoms with Gasteiger partial charge in [0.2, 0.25) is 0 Å². The van der Waals surface area contributed by atoms with Crippen LogP contribution in [0, 0.1) is 12.3 Å². The number of nitrogens with one attached hydrogen (secondary N) is 2. The molecule has 1 rings (SSSR count). The van der Waals surface area contributed by atoms with Gasteiger partial charge in [-0.3, -0.25) is 0 Å². The summed E-state index contributed by atoms with van der Waals surface area (Å²) in [6, 6.07) is 2.31. The first kappa shape index (κ1) is 14.5. The molecule has 1 unspecified atom stereocenters. The number of carbonyl (C=O) groups is 2. The van der Waals surface area contributed by atoms with Crippen molar-refractivity contribution in [3.8, 4) is 12.3 Å². The zero-order chi connectivity index (χ0) is 14.3. The van der Waals surface area contributed by atoms with E-state index in [1.165, 1.54) is 12.3 Å². The highest BCUT2D eigenvalue weighted by molar-refractivity contribution is 5.85. The Morgan fingerprint density at radius 2 is 2.26 bits per heavy atom. The van der Waals surface area contributed by atoms with Crippen molar-refractivity contribution in [2.24, 2.45) is 0 Å². The lowest BCUT2D eigenvalue weighted by Crippen LogP contribution is -2.40. The van der Waals surface area contributed by atoms with Crippen molar-refractivity contribution in [1.82, 2.24) is 15.6 Å². The molecule has 2 amide bonds. The predicted molar refractivity (Wildman–Crippen MR) is 69.5 cm³/mol. The van der Waals surface area contributed by atoms with Gasteiger partial charge >= 0.3 is 12.0 Å². The molecule has 6 nitrogen and oxygen atoms in total. The summed E-state index contributed by atoms with van der Waals surface area (Å²) in [5.41, 5.74) is 0.667. The van der Waals surface area contributed by atoms with E-state index in [1.54, 1.807) is 6.07 Å². The van der Waals surface area contributed by atoms with Gasteiger partial charge in [-0.2, -0.15) is 0 Å². The number of aromatic carboxylic acids is 1. The number of amides is 2. The van der Waals surface area contributed by atoms with Crippen LogP contribution in [0.4, 0.5) is 4.79 Å². The third kappa shape index (κ3) is 4.68. The highest BCUT2D eigenvalue weighted by Crippen LogP contribution is 2.00. The molecule has 0 saturated heterocycles. The van der Waals surface area contributed by atoms with Gasteiger partial charge < -0.3 is 15.7 Å². The van der Waals surface area contributed by atoms with Crippen molar-refractivity contribution >= 4 is 12.0 Å². The Morgan fingerprint density at radius 3 is 2.74 bits per heavy atom. The Balaban J connectivity index is 2.46. The molecule has 0 aromatic carbocycles. The van der Waals surface area contributed by atoms with Crippen LogP contribution < -0.4 is 10.6 Å². The molecule has 0 radical (unpaired) electrons. The van der Waals surface area contributed by atoms with Crippen LogP contribution in [-0.4, -0.2) is 28.1 Å². The van der Waals surface area contributed by atoms with Crippen molar-refractivity contribution in [3.63, 3.8) is 0 Å². The Morgan fingerprint density at radius 1 is 1.53 bits per heavy atom. The fourth-order valence-corrected chi connectivity index (χ4v) is 1.31. The lowest BCUT2D eigenvalue weighted by Gasteiger charge is -2.11. The normalized spacial score (nSPS) is 11.2. The van der Waals surface area contributed by atoms with E-state index < -0.39 is 5.97 Å². The number of carboxylic acids is 1. The molecule has 100 valence electrons. The van der Waals surface area contributed by atoms with Crippen LogP contribution in [0.5, 0.6) is 0 Å². The predicted octanol–water partition coefficient (Wildman–Crippen LogP) is 0.991. The molecule has 0 aliphatic heterocycles. The molecule has 0 spiro atoms. The minimum atomic E-state index is -1.09. The second-order valence-corrected chi connectivity index (χ2v) is 3.81. The molecule has 6 heteroatoms. The molecular formula is C13H15N3O3. The molecule has 0 fully saturated rings. The molecule has 0 aliphatic rings. The number of rotatable bonds is 5. The zero-order valence-electron chi connectivity index (χ0n) is 10.5. The number of nitrogens with zero attached hydrogens (tertiary/aromatic N) is 1. The maximum absolute atomic E-state index is 11.5. The number of carbonyl (C=O) groups excluding carboxylic acids is 1. The first-order chi connectivity index (χ1) is 9.06. The number of terminal acetylenes is 1. The van der Waals surface area contributed by atoms with Crippen molar-refractivity contribution in [3.05, 3.63) is 29.6 Å². The number of urea groups is 1. The van der Waals surface area contributed by atoms with E-state index in [9.17, 15) is 9.59 Å². The van der Waals surface area contributed by atoms with Gasteiger partial charge in [0.1, 0.15) is 5.69 Å². The fraction of sp³-hybridized carbons (Fsp3) is 0.308. The Labute approximate surface area is 111 Å². The minimum absolute atomic E-state index is 0.0356. The van der Waals surface area contributed by atoms with Crippen LogP contribution in [0.3, 0.4) is 0 Å². The highest BCUT2D eigenvalue weighted by atomic mass is 16.4. The van der Waals surface area contributed by atoms with E-state index in [4.69, 9.17) is 11.5 Å². The van der Waals surface area contributed by atoms with E-state index in [-0.39, 0.29) is 24.3 Å². The van der Waals surface area contributed by atoms with E-state index in [1.807, 2.05) is 6.92 Å². The lowest BCUT2D eigenvalue weighted by atomic mass is 10.2. The Kier molecular flexibility index (Phi) is 5.35. The minimum Gasteiger partial charge on any atom is -0.477 e. The topological polar surface area (TPSA) is 91.3 Å². The quantitative estimate of drug-likeness (QED) is 0.689. The molecule has 0 bridgehead atoms. The fourth-order valence-electron chi connectivity index (χ4n) is 1.31. The van der Waals surface area contributed by atoms with Crippen LogP contribution in [0.1, 0.15) is 29.4 Å². The van der Waals surface area contributed by atoms with Crippen molar-refractivity contribution in [1.29, 1.82) is 0 Å². The summed E-state index contributed by atoms with van der Waals surface area (Å²) >= 11 is 0. The standard InChI is InChI=1S/C13H15N3O3/c1-3-10(4-2)16-13(19)15-8-9-5-6-11(12(17)18)14-7-9/h1,5-7,10H,4,8H2,2H3,(H,17,18)(H2,15,16,19). The maximum Gasteiger partial charge on any atom is 0.354 e. The molecule has 3 N–H and O–H groups in total. The summed E-state index contributed by atoms with van der Waals surface area (Å²) < 4.78 is 0. The van der Waals surface area contributed by atoms with E-state index in [0.29, 0.717) is 12.0 Å². The average Bonchev–Trinajstić information content (AvgIpc) is 2.43. The van der Waals surface area contributed by atoms with Crippen LogP contribution in [0.25, 0.3) is 0 Å². The molecule has 1 aromatic heterocycles. The summed E-state index contributed by atoms with van der Waals surface area (Å²) in [6.07, 6.45) is 7.28. The van der Waals surface area contributed by atoms with Gasteiger partial charge in [0, 0.05) is 12.7 Å². The van der Waals surface area contributed by atoms with E-state index in [2.05, 4.69) is 21.5 Å². The van der Waals surface area contributed by atoms with Crippen LogP contribution in [0.2, 0.25) is 0 Å². The van der Waals surface area contributed by atoms with Gasteiger partial charge in [-0.05, 0) is 18.1 Å². The van der Waals surface area contributed by atoms with Crippen LogP contribution in [-0.2, 0) is 6.54 Å².